The van der Waals surface area contributed by atoms with Crippen molar-refractivity contribution in [1.82, 2.24) is 9.80 Å². The molecular formula is C20H24FN3O. The zero-order valence-corrected chi connectivity index (χ0v) is 14.8. The summed E-state index contributed by atoms with van der Waals surface area (Å²) in [6.07, 6.45) is 0. The number of hydrogen-bond donors (Lipinski definition) is 1. The Balaban J connectivity index is 1.52. The van der Waals surface area contributed by atoms with Crippen molar-refractivity contribution in [1.29, 1.82) is 0 Å². The standard InChI is InChI=1S/C20H24FN3O/c1-15-5-3-4-6-17(15)14-23-9-11-24(12-10-23)20(25)22-18-8-7-16(2)19(21)13-18/h3-8,13H,9-12,14H2,1-2H3,(H,22,25). The predicted octanol–water partition coefficient (Wildman–Crippen LogP) is 3.79. The molecule has 1 aliphatic rings. The summed E-state index contributed by atoms with van der Waals surface area (Å²) in [6.45, 7) is 7.76. The van der Waals surface area contributed by atoms with Gasteiger partial charge in [-0.2, -0.15) is 0 Å². The molecule has 2 aromatic rings. The van der Waals surface area contributed by atoms with Crippen LogP contribution in [-0.2, 0) is 6.54 Å². The van der Waals surface area contributed by atoms with Gasteiger partial charge in [0.2, 0.25) is 0 Å². The number of hydrogen-bond acceptors (Lipinski definition) is 2. The van der Waals surface area contributed by atoms with Crippen LogP contribution in [0.4, 0.5) is 14.9 Å². The van der Waals surface area contributed by atoms with E-state index in [1.165, 1.54) is 17.2 Å². The first-order valence-corrected chi connectivity index (χ1v) is 8.62. The zero-order chi connectivity index (χ0) is 17.8. The summed E-state index contributed by atoms with van der Waals surface area (Å²) in [6, 6.07) is 13.0. The fourth-order valence-electron chi connectivity index (χ4n) is 3.01. The normalized spacial score (nSPS) is 15.2. The van der Waals surface area contributed by atoms with Gasteiger partial charge in [0.15, 0.2) is 0 Å². The van der Waals surface area contributed by atoms with Gasteiger partial charge in [0, 0.05) is 38.4 Å². The van der Waals surface area contributed by atoms with E-state index in [1.807, 2.05) is 0 Å². The number of carbonyl (C=O) groups excluding carboxylic acids is 1. The summed E-state index contributed by atoms with van der Waals surface area (Å²) < 4.78 is 13.6. The van der Waals surface area contributed by atoms with Gasteiger partial charge in [-0.15, -0.1) is 0 Å². The van der Waals surface area contributed by atoms with Crippen LogP contribution in [0.3, 0.4) is 0 Å². The highest BCUT2D eigenvalue weighted by molar-refractivity contribution is 5.89. The van der Waals surface area contributed by atoms with Gasteiger partial charge in [-0.3, -0.25) is 4.90 Å². The first-order chi connectivity index (χ1) is 12.0. The Hall–Kier alpha value is -2.40. The first-order valence-electron chi connectivity index (χ1n) is 8.62. The molecule has 1 saturated heterocycles. The third-order valence-electron chi connectivity index (χ3n) is 4.74. The van der Waals surface area contributed by atoms with Crippen molar-refractivity contribution >= 4 is 11.7 Å². The minimum absolute atomic E-state index is 0.168. The van der Waals surface area contributed by atoms with Crippen LogP contribution in [-0.4, -0.2) is 42.0 Å². The Morgan fingerprint density at radius 1 is 1.04 bits per heavy atom. The molecule has 1 N–H and O–H groups in total. The quantitative estimate of drug-likeness (QED) is 0.922. The number of benzene rings is 2. The van der Waals surface area contributed by atoms with Crippen molar-refractivity contribution in [2.45, 2.75) is 20.4 Å². The van der Waals surface area contributed by atoms with Crippen LogP contribution in [0.2, 0.25) is 0 Å². The highest BCUT2D eigenvalue weighted by Crippen LogP contribution is 2.16. The zero-order valence-electron chi connectivity index (χ0n) is 14.8. The molecule has 0 spiro atoms. The van der Waals surface area contributed by atoms with E-state index in [9.17, 15) is 9.18 Å². The molecule has 0 aromatic heterocycles. The lowest BCUT2D eigenvalue weighted by Crippen LogP contribution is -2.49. The van der Waals surface area contributed by atoms with E-state index in [1.54, 1.807) is 24.0 Å². The second-order valence-electron chi connectivity index (χ2n) is 6.58. The minimum atomic E-state index is -0.305. The van der Waals surface area contributed by atoms with E-state index in [2.05, 4.69) is 41.4 Å². The highest BCUT2D eigenvalue weighted by atomic mass is 19.1. The molecular weight excluding hydrogens is 317 g/mol. The Morgan fingerprint density at radius 2 is 1.76 bits per heavy atom. The van der Waals surface area contributed by atoms with Crippen molar-refractivity contribution in [2.24, 2.45) is 0 Å². The number of halogens is 1. The lowest BCUT2D eigenvalue weighted by molar-refractivity contribution is 0.143. The Morgan fingerprint density at radius 3 is 2.44 bits per heavy atom. The summed E-state index contributed by atoms with van der Waals surface area (Å²) in [7, 11) is 0. The smallest absolute Gasteiger partial charge is 0.321 e. The Bertz CT molecular complexity index is 754. The van der Waals surface area contributed by atoms with Gasteiger partial charge in [0.1, 0.15) is 5.82 Å². The fraction of sp³-hybridized carbons (Fsp3) is 0.350. The third kappa shape index (κ3) is 4.37. The van der Waals surface area contributed by atoms with Crippen molar-refractivity contribution < 1.29 is 9.18 Å². The second kappa shape index (κ2) is 7.66. The maximum Gasteiger partial charge on any atom is 0.321 e. The average molecular weight is 341 g/mol. The van der Waals surface area contributed by atoms with E-state index >= 15 is 0 Å². The molecule has 0 saturated carbocycles. The molecule has 2 aromatic carbocycles. The molecule has 1 fully saturated rings. The van der Waals surface area contributed by atoms with Crippen molar-refractivity contribution in [2.75, 3.05) is 31.5 Å². The van der Waals surface area contributed by atoms with Gasteiger partial charge in [-0.25, -0.2) is 9.18 Å². The summed E-state index contributed by atoms with van der Waals surface area (Å²) >= 11 is 0. The summed E-state index contributed by atoms with van der Waals surface area (Å²) in [5, 5.41) is 2.78. The van der Waals surface area contributed by atoms with Crippen LogP contribution in [0.15, 0.2) is 42.5 Å². The number of rotatable bonds is 3. The van der Waals surface area contributed by atoms with Gasteiger partial charge < -0.3 is 10.2 Å². The largest absolute Gasteiger partial charge is 0.322 e. The Kier molecular flexibility index (Phi) is 5.34. The van der Waals surface area contributed by atoms with Crippen LogP contribution >= 0.6 is 0 Å². The average Bonchev–Trinajstić information content (AvgIpc) is 2.61. The minimum Gasteiger partial charge on any atom is -0.322 e. The molecule has 25 heavy (non-hydrogen) atoms. The SMILES string of the molecule is Cc1ccc(NC(=O)N2CCN(Cc3ccccc3C)CC2)cc1F. The molecule has 4 nitrogen and oxygen atoms in total. The lowest BCUT2D eigenvalue weighted by atomic mass is 10.1. The maximum atomic E-state index is 13.6. The van der Waals surface area contributed by atoms with Gasteiger partial charge >= 0.3 is 6.03 Å². The number of aryl methyl sites for hydroxylation is 2. The number of piperazine rings is 1. The van der Waals surface area contributed by atoms with E-state index in [0.29, 0.717) is 24.3 Å². The number of nitrogens with zero attached hydrogens (tertiary/aromatic N) is 2. The van der Waals surface area contributed by atoms with E-state index < -0.39 is 0 Å². The second-order valence-corrected chi connectivity index (χ2v) is 6.58. The van der Waals surface area contributed by atoms with E-state index in [0.717, 1.165) is 19.6 Å². The number of carbonyl (C=O) groups is 1. The molecule has 0 atom stereocenters. The monoisotopic (exact) mass is 341 g/mol. The number of anilines is 1. The number of nitrogens with one attached hydrogen (secondary N) is 1. The maximum absolute atomic E-state index is 13.6. The predicted molar refractivity (Wildman–Crippen MR) is 98.2 cm³/mol. The molecule has 1 heterocycles. The van der Waals surface area contributed by atoms with Crippen LogP contribution in [0, 0.1) is 19.7 Å². The first kappa shape index (κ1) is 17.4. The van der Waals surface area contributed by atoms with Crippen LogP contribution in [0.5, 0.6) is 0 Å². The number of urea groups is 1. The van der Waals surface area contributed by atoms with Crippen LogP contribution in [0.25, 0.3) is 0 Å². The molecule has 0 unspecified atom stereocenters. The summed E-state index contributed by atoms with van der Waals surface area (Å²) in [5.74, 6) is -0.305. The van der Waals surface area contributed by atoms with Gasteiger partial charge in [0.25, 0.3) is 0 Å². The van der Waals surface area contributed by atoms with Gasteiger partial charge in [-0.1, -0.05) is 30.3 Å². The molecule has 132 valence electrons. The lowest BCUT2D eigenvalue weighted by Gasteiger charge is -2.35. The van der Waals surface area contributed by atoms with Crippen LogP contribution in [0.1, 0.15) is 16.7 Å². The van der Waals surface area contributed by atoms with Gasteiger partial charge in [0.05, 0.1) is 0 Å². The fourth-order valence-corrected chi connectivity index (χ4v) is 3.01. The van der Waals surface area contributed by atoms with Crippen molar-refractivity contribution in [3.05, 3.63) is 65.0 Å². The topological polar surface area (TPSA) is 35.6 Å². The highest BCUT2D eigenvalue weighted by Gasteiger charge is 2.21. The van der Waals surface area contributed by atoms with Crippen molar-refractivity contribution in [3.63, 3.8) is 0 Å². The summed E-state index contributed by atoms with van der Waals surface area (Å²) in [5.41, 5.74) is 3.69. The molecule has 3 rings (SSSR count). The molecule has 0 bridgehead atoms. The van der Waals surface area contributed by atoms with E-state index in [-0.39, 0.29) is 11.8 Å². The third-order valence-corrected chi connectivity index (χ3v) is 4.74. The summed E-state index contributed by atoms with van der Waals surface area (Å²) in [4.78, 5) is 16.5. The van der Waals surface area contributed by atoms with Crippen LogP contribution < -0.4 is 5.32 Å². The molecule has 2 amide bonds. The molecule has 5 heteroatoms. The molecule has 0 aliphatic carbocycles. The Labute approximate surface area is 148 Å². The molecule has 1 aliphatic heterocycles. The number of amides is 2. The molecule has 0 radical (unpaired) electrons. The van der Waals surface area contributed by atoms with Gasteiger partial charge in [-0.05, 0) is 42.7 Å². The van der Waals surface area contributed by atoms with Crippen molar-refractivity contribution in [3.8, 4) is 0 Å². The van der Waals surface area contributed by atoms with E-state index in [4.69, 9.17) is 0 Å².